The van der Waals surface area contributed by atoms with Crippen LogP contribution in [0.15, 0.2) is 9.85 Å². The average molecular weight is 260 g/mol. The molecule has 1 aromatic heterocycles. The molecule has 0 amide bonds. The molecule has 0 N–H and O–H groups in total. The second-order valence-electron chi connectivity index (χ2n) is 3.53. The Hall–Kier alpha value is 0.140. The van der Waals surface area contributed by atoms with Crippen molar-refractivity contribution in [1.29, 1.82) is 0 Å². The molecule has 1 aliphatic heterocycles. The lowest BCUT2D eigenvalue weighted by Crippen LogP contribution is -2.30. The Balaban J connectivity index is 2.10. The third kappa shape index (κ3) is 2.14. The van der Waals surface area contributed by atoms with E-state index in [1.807, 2.05) is 11.3 Å². The first-order valence-corrected chi connectivity index (χ1v) is 6.40. The predicted octanol–water partition coefficient (Wildman–Crippen LogP) is 3.28. The van der Waals surface area contributed by atoms with Crippen molar-refractivity contribution in [1.82, 2.24) is 4.90 Å². The molecule has 0 bridgehead atoms. The molecule has 0 radical (unpaired) electrons. The highest BCUT2D eigenvalue weighted by Crippen LogP contribution is 2.31. The first-order valence-electron chi connectivity index (χ1n) is 4.79. The quantitative estimate of drug-likeness (QED) is 0.788. The third-order valence-corrected chi connectivity index (χ3v) is 4.14. The maximum Gasteiger partial charge on any atom is 0.0704 e. The van der Waals surface area contributed by atoms with Crippen molar-refractivity contribution in [2.45, 2.75) is 26.3 Å². The molecule has 0 unspecified atom stereocenters. The molecule has 0 spiro atoms. The van der Waals surface area contributed by atoms with Crippen molar-refractivity contribution < 1.29 is 0 Å². The second-order valence-corrected chi connectivity index (χ2v) is 6.04. The van der Waals surface area contributed by atoms with Crippen LogP contribution in [0.2, 0.25) is 0 Å². The molecular weight excluding hydrogens is 246 g/mol. The summed E-state index contributed by atoms with van der Waals surface area (Å²) in [6.07, 6.45) is 2.50. The van der Waals surface area contributed by atoms with E-state index in [2.05, 4.69) is 33.8 Å². The molecule has 0 saturated carbocycles. The number of rotatable bonds is 2. The van der Waals surface area contributed by atoms with Crippen LogP contribution in [0.1, 0.15) is 23.8 Å². The van der Waals surface area contributed by atoms with Crippen LogP contribution >= 0.6 is 27.3 Å². The highest BCUT2D eigenvalue weighted by molar-refractivity contribution is 9.11. The van der Waals surface area contributed by atoms with Gasteiger partial charge in [0.15, 0.2) is 0 Å². The lowest BCUT2D eigenvalue weighted by Gasteiger charge is -2.25. The minimum Gasteiger partial charge on any atom is -0.298 e. The van der Waals surface area contributed by atoms with Crippen LogP contribution in [0.25, 0.3) is 0 Å². The van der Waals surface area contributed by atoms with E-state index in [-0.39, 0.29) is 0 Å². The average Bonchev–Trinajstić information content (AvgIpc) is 2.44. The van der Waals surface area contributed by atoms with Crippen LogP contribution < -0.4 is 0 Å². The minimum absolute atomic E-state index is 1.17. The molecule has 72 valence electrons. The molecule has 1 aliphatic rings. The molecular formula is C10H14BrNS. The first-order chi connectivity index (χ1) is 6.29. The van der Waals surface area contributed by atoms with Gasteiger partial charge >= 0.3 is 0 Å². The zero-order valence-electron chi connectivity index (χ0n) is 7.85. The Labute approximate surface area is 91.9 Å². The summed E-state index contributed by atoms with van der Waals surface area (Å²) in [4.78, 5) is 4.11. The predicted molar refractivity (Wildman–Crippen MR) is 61.3 cm³/mol. The van der Waals surface area contributed by atoms with Crippen molar-refractivity contribution in [3.8, 4) is 0 Å². The van der Waals surface area contributed by atoms with Crippen molar-refractivity contribution in [3.63, 3.8) is 0 Å². The van der Waals surface area contributed by atoms with Gasteiger partial charge < -0.3 is 0 Å². The largest absolute Gasteiger partial charge is 0.298 e. The molecule has 0 fully saturated rings. The summed E-state index contributed by atoms with van der Waals surface area (Å²) in [6, 6.07) is 2.28. The summed E-state index contributed by atoms with van der Waals surface area (Å²) in [5.74, 6) is 0. The summed E-state index contributed by atoms with van der Waals surface area (Å²) in [7, 11) is 0. The Morgan fingerprint density at radius 1 is 1.62 bits per heavy atom. The summed E-state index contributed by atoms with van der Waals surface area (Å²) >= 11 is 5.45. The van der Waals surface area contributed by atoms with Gasteiger partial charge in [0.05, 0.1) is 3.79 Å². The Morgan fingerprint density at radius 3 is 3.23 bits per heavy atom. The number of fused-ring (bicyclic) bond motifs is 1. The van der Waals surface area contributed by atoms with Crippen molar-refractivity contribution in [2.75, 3.05) is 13.1 Å². The Morgan fingerprint density at radius 2 is 2.46 bits per heavy atom. The molecule has 2 rings (SSSR count). The zero-order chi connectivity index (χ0) is 9.26. The van der Waals surface area contributed by atoms with Gasteiger partial charge in [-0.15, -0.1) is 11.3 Å². The molecule has 0 aliphatic carbocycles. The highest BCUT2D eigenvalue weighted by Gasteiger charge is 2.17. The van der Waals surface area contributed by atoms with E-state index in [1.165, 1.54) is 36.3 Å². The van der Waals surface area contributed by atoms with Crippen LogP contribution in [0.4, 0.5) is 0 Å². The second kappa shape index (κ2) is 4.11. The van der Waals surface area contributed by atoms with E-state index >= 15 is 0 Å². The van der Waals surface area contributed by atoms with Crippen LogP contribution in [-0.4, -0.2) is 18.0 Å². The van der Waals surface area contributed by atoms with E-state index < -0.39 is 0 Å². The zero-order valence-corrected chi connectivity index (χ0v) is 10.2. The van der Waals surface area contributed by atoms with Crippen molar-refractivity contribution in [3.05, 3.63) is 20.3 Å². The summed E-state index contributed by atoms with van der Waals surface area (Å²) < 4.78 is 1.29. The Bertz CT molecular complexity index is 295. The molecule has 1 nitrogen and oxygen atoms in total. The number of hydrogen-bond acceptors (Lipinski definition) is 2. The van der Waals surface area contributed by atoms with Crippen molar-refractivity contribution in [2.24, 2.45) is 0 Å². The topological polar surface area (TPSA) is 3.24 Å². The fraction of sp³-hybridized carbons (Fsp3) is 0.600. The number of halogens is 1. The van der Waals surface area contributed by atoms with Gasteiger partial charge in [0, 0.05) is 18.0 Å². The van der Waals surface area contributed by atoms with Crippen LogP contribution in [0.5, 0.6) is 0 Å². The molecule has 0 atom stereocenters. The number of thiophene rings is 1. The third-order valence-electron chi connectivity index (χ3n) is 2.47. The maximum atomic E-state index is 3.55. The monoisotopic (exact) mass is 259 g/mol. The van der Waals surface area contributed by atoms with Gasteiger partial charge in [-0.25, -0.2) is 0 Å². The highest BCUT2D eigenvalue weighted by atomic mass is 79.9. The number of hydrogen-bond donors (Lipinski definition) is 0. The van der Waals surface area contributed by atoms with Crippen LogP contribution in [-0.2, 0) is 13.0 Å². The van der Waals surface area contributed by atoms with E-state index in [4.69, 9.17) is 0 Å². The van der Waals surface area contributed by atoms with Gasteiger partial charge in [-0.1, -0.05) is 6.92 Å². The van der Waals surface area contributed by atoms with Gasteiger partial charge in [-0.05, 0) is 46.9 Å². The van der Waals surface area contributed by atoms with Gasteiger partial charge in [0.1, 0.15) is 0 Å². The molecule has 0 aromatic carbocycles. The number of nitrogens with zero attached hydrogens (tertiary/aromatic N) is 1. The molecule has 0 saturated heterocycles. The fourth-order valence-corrected chi connectivity index (χ4v) is 3.68. The molecule has 2 heterocycles. The van der Waals surface area contributed by atoms with E-state index in [9.17, 15) is 0 Å². The van der Waals surface area contributed by atoms with E-state index in [1.54, 1.807) is 10.4 Å². The summed E-state index contributed by atoms with van der Waals surface area (Å²) in [5, 5.41) is 0. The minimum atomic E-state index is 1.17. The normalized spacial score (nSPS) is 17.4. The van der Waals surface area contributed by atoms with Gasteiger partial charge in [-0.2, -0.15) is 0 Å². The molecule has 13 heavy (non-hydrogen) atoms. The van der Waals surface area contributed by atoms with Crippen molar-refractivity contribution >= 4 is 27.3 Å². The SMILES string of the molecule is CCCN1CCc2cc(Br)sc2C1. The van der Waals surface area contributed by atoms with E-state index in [0.29, 0.717) is 0 Å². The lowest BCUT2D eigenvalue weighted by molar-refractivity contribution is 0.258. The van der Waals surface area contributed by atoms with Crippen LogP contribution in [0.3, 0.4) is 0 Å². The smallest absolute Gasteiger partial charge is 0.0704 e. The standard InChI is InChI=1S/C10H14BrNS/c1-2-4-12-5-3-8-6-10(11)13-9(8)7-12/h6H,2-5,7H2,1H3. The summed E-state index contributed by atoms with van der Waals surface area (Å²) in [5.41, 5.74) is 1.56. The lowest BCUT2D eigenvalue weighted by atomic mass is 10.1. The Kier molecular flexibility index (Phi) is 3.06. The van der Waals surface area contributed by atoms with Crippen LogP contribution in [0, 0.1) is 0 Å². The van der Waals surface area contributed by atoms with Gasteiger partial charge in [0.2, 0.25) is 0 Å². The van der Waals surface area contributed by atoms with Gasteiger partial charge in [-0.3, -0.25) is 4.90 Å². The van der Waals surface area contributed by atoms with Gasteiger partial charge in [0.25, 0.3) is 0 Å². The molecule has 3 heteroatoms. The van der Waals surface area contributed by atoms with E-state index in [0.717, 1.165) is 0 Å². The summed E-state index contributed by atoms with van der Waals surface area (Å²) in [6.45, 7) is 5.90. The molecule has 1 aromatic rings. The fourth-order valence-electron chi connectivity index (χ4n) is 1.84. The first kappa shape index (κ1) is 9.69. The maximum absolute atomic E-state index is 3.55.